The van der Waals surface area contributed by atoms with Crippen LogP contribution in [-0.2, 0) is 0 Å². The molecule has 0 spiro atoms. The summed E-state index contributed by atoms with van der Waals surface area (Å²) in [7, 11) is 0. The SMILES string of the molecule is C=CC(=C)CCC=C(C)CC/C=C(\C)CCCC(C)(C)Cl. The maximum Gasteiger partial charge on any atom is 0.0390 e. The predicted octanol–water partition coefficient (Wildman–Crippen LogP) is 7.37. The van der Waals surface area contributed by atoms with Crippen molar-refractivity contribution < 1.29 is 0 Å². The van der Waals surface area contributed by atoms with E-state index in [1.807, 2.05) is 6.08 Å². The van der Waals surface area contributed by atoms with Crippen molar-refractivity contribution in [1.29, 1.82) is 0 Å². The van der Waals surface area contributed by atoms with Gasteiger partial charge in [0.1, 0.15) is 0 Å². The molecule has 0 aliphatic carbocycles. The highest BCUT2D eigenvalue weighted by atomic mass is 35.5. The van der Waals surface area contributed by atoms with Crippen molar-refractivity contribution in [3.63, 3.8) is 0 Å². The number of rotatable bonds is 11. The summed E-state index contributed by atoms with van der Waals surface area (Å²) >= 11 is 6.20. The summed E-state index contributed by atoms with van der Waals surface area (Å²) in [4.78, 5) is -0.0605. The monoisotopic (exact) mass is 308 g/mol. The maximum atomic E-state index is 6.20. The molecule has 0 saturated heterocycles. The van der Waals surface area contributed by atoms with E-state index < -0.39 is 0 Å². The summed E-state index contributed by atoms with van der Waals surface area (Å²) in [5.74, 6) is 0. The second-order valence-electron chi connectivity index (χ2n) is 6.61. The summed E-state index contributed by atoms with van der Waals surface area (Å²) in [5, 5.41) is 0. The summed E-state index contributed by atoms with van der Waals surface area (Å²) in [6.45, 7) is 16.3. The van der Waals surface area contributed by atoms with Crippen LogP contribution in [0.25, 0.3) is 0 Å². The Bertz CT molecular complexity index is 377. The lowest BCUT2D eigenvalue weighted by Gasteiger charge is -2.14. The minimum absolute atomic E-state index is 0.0605. The predicted molar refractivity (Wildman–Crippen MR) is 99.1 cm³/mol. The van der Waals surface area contributed by atoms with Gasteiger partial charge in [-0.2, -0.15) is 0 Å². The molecular formula is C20H33Cl. The molecule has 120 valence electrons. The van der Waals surface area contributed by atoms with E-state index >= 15 is 0 Å². The van der Waals surface area contributed by atoms with Gasteiger partial charge in [0, 0.05) is 4.87 Å². The molecule has 0 aromatic carbocycles. The van der Waals surface area contributed by atoms with Gasteiger partial charge >= 0.3 is 0 Å². The molecule has 0 aliphatic heterocycles. The lowest BCUT2D eigenvalue weighted by Crippen LogP contribution is -2.09. The number of hydrogen-bond donors (Lipinski definition) is 0. The Morgan fingerprint density at radius 2 is 1.52 bits per heavy atom. The molecule has 0 N–H and O–H groups in total. The van der Waals surface area contributed by atoms with Crippen LogP contribution in [0.1, 0.15) is 72.6 Å². The van der Waals surface area contributed by atoms with E-state index in [0.717, 1.165) is 44.1 Å². The van der Waals surface area contributed by atoms with E-state index in [9.17, 15) is 0 Å². The van der Waals surface area contributed by atoms with Gasteiger partial charge in [-0.15, -0.1) is 11.6 Å². The smallest absolute Gasteiger partial charge is 0.0390 e. The van der Waals surface area contributed by atoms with E-state index in [1.165, 1.54) is 17.6 Å². The van der Waals surface area contributed by atoms with E-state index in [0.29, 0.717) is 0 Å². The van der Waals surface area contributed by atoms with Crippen LogP contribution in [0.15, 0.2) is 48.1 Å². The molecule has 0 heterocycles. The third-order valence-corrected chi connectivity index (χ3v) is 3.81. The first-order valence-electron chi connectivity index (χ1n) is 8.05. The van der Waals surface area contributed by atoms with Crippen molar-refractivity contribution in [3.8, 4) is 0 Å². The van der Waals surface area contributed by atoms with Crippen molar-refractivity contribution >= 4 is 11.6 Å². The molecule has 0 bridgehead atoms. The van der Waals surface area contributed by atoms with Crippen LogP contribution in [0.5, 0.6) is 0 Å². The highest BCUT2D eigenvalue weighted by Gasteiger charge is 2.11. The fraction of sp³-hybridized carbons (Fsp3) is 0.600. The topological polar surface area (TPSA) is 0 Å². The molecule has 0 nitrogen and oxygen atoms in total. The Morgan fingerprint density at radius 1 is 1.00 bits per heavy atom. The van der Waals surface area contributed by atoms with Crippen LogP contribution < -0.4 is 0 Å². The number of halogens is 1. The van der Waals surface area contributed by atoms with Crippen LogP contribution in [0.3, 0.4) is 0 Å². The zero-order valence-electron chi connectivity index (χ0n) is 14.5. The Balaban J connectivity index is 3.88. The largest absolute Gasteiger partial charge is 0.120 e. The second kappa shape index (κ2) is 10.9. The standard InChI is InChI=1S/C20H33Cl/c1-7-17(2)11-8-12-18(3)13-9-14-19(4)15-10-16-20(5,6)21/h7,12,14H,1-2,8-11,13,15-16H2,3-6H3/b18-12?,19-14+. The maximum absolute atomic E-state index is 6.20. The Labute approximate surface area is 137 Å². The van der Waals surface area contributed by atoms with Crippen LogP contribution in [0.2, 0.25) is 0 Å². The number of hydrogen-bond acceptors (Lipinski definition) is 0. The van der Waals surface area contributed by atoms with E-state index in [1.54, 1.807) is 0 Å². The Hall–Kier alpha value is -0.750. The molecule has 0 fully saturated rings. The van der Waals surface area contributed by atoms with Crippen molar-refractivity contribution in [1.82, 2.24) is 0 Å². The van der Waals surface area contributed by atoms with Crippen LogP contribution in [0, 0.1) is 0 Å². The van der Waals surface area contributed by atoms with Gasteiger partial charge in [-0.3, -0.25) is 0 Å². The Morgan fingerprint density at radius 3 is 2.05 bits per heavy atom. The molecule has 1 heteroatoms. The quantitative estimate of drug-likeness (QED) is 0.212. The third-order valence-electron chi connectivity index (χ3n) is 3.62. The Kier molecular flexibility index (Phi) is 10.5. The molecular weight excluding hydrogens is 276 g/mol. The second-order valence-corrected chi connectivity index (χ2v) is 7.64. The summed E-state index contributed by atoms with van der Waals surface area (Å²) < 4.78 is 0. The molecule has 21 heavy (non-hydrogen) atoms. The number of alkyl halides is 1. The molecule has 0 rings (SSSR count). The molecule has 0 aromatic rings. The van der Waals surface area contributed by atoms with Crippen molar-refractivity contribution in [2.75, 3.05) is 0 Å². The molecule has 0 atom stereocenters. The van der Waals surface area contributed by atoms with Crippen molar-refractivity contribution in [2.45, 2.75) is 77.5 Å². The molecule has 0 saturated carbocycles. The first-order valence-corrected chi connectivity index (χ1v) is 8.43. The van der Waals surface area contributed by atoms with Crippen LogP contribution >= 0.6 is 11.6 Å². The average molecular weight is 309 g/mol. The molecule has 0 aromatic heterocycles. The van der Waals surface area contributed by atoms with Gasteiger partial charge in [0.05, 0.1) is 0 Å². The van der Waals surface area contributed by atoms with Gasteiger partial charge in [-0.05, 0) is 72.6 Å². The molecule has 0 aliphatic rings. The van der Waals surface area contributed by atoms with Gasteiger partial charge in [0.25, 0.3) is 0 Å². The zero-order valence-corrected chi connectivity index (χ0v) is 15.2. The van der Waals surface area contributed by atoms with Gasteiger partial charge in [-0.25, -0.2) is 0 Å². The summed E-state index contributed by atoms with van der Waals surface area (Å²) in [5.41, 5.74) is 4.08. The van der Waals surface area contributed by atoms with Gasteiger partial charge in [0.2, 0.25) is 0 Å². The fourth-order valence-electron chi connectivity index (χ4n) is 2.14. The molecule has 0 unspecified atom stereocenters. The van der Waals surface area contributed by atoms with Gasteiger partial charge in [0.15, 0.2) is 0 Å². The molecule has 0 radical (unpaired) electrons. The summed E-state index contributed by atoms with van der Waals surface area (Å²) in [6, 6.07) is 0. The zero-order chi connectivity index (χ0) is 16.3. The lowest BCUT2D eigenvalue weighted by atomic mass is 10.0. The fourth-order valence-corrected chi connectivity index (χ4v) is 2.28. The van der Waals surface area contributed by atoms with E-state index in [4.69, 9.17) is 11.6 Å². The minimum Gasteiger partial charge on any atom is -0.120 e. The van der Waals surface area contributed by atoms with Crippen molar-refractivity contribution in [3.05, 3.63) is 48.1 Å². The molecule has 0 amide bonds. The van der Waals surface area contributed by atoms with Crippen LogP contribution in [-0.4, -0.2) is 4.87 Å². The summed E-state index contributed by atoms with van der Waals surface area (Å²) in [6.07, 6.45) is 14.3. The van der Waals surface area contributed by atoms with E-state index in [2.05, 4.69) is 53.0 Å². The third kappa shape index (κ3) is 14.0. The first-order chi connectivity index (χ1) is 9.74. The van der Waals surface area contributed by atoms with Crippen molar-refractivity contribution in [2.24, 2.45) is 0 Å². The highest BCUT2D eigenvalue weighted by Crippen LogP contribution is 2.22. The first kappa shape index (κ1) is 20.2. The van der Waals surface area contributed by atoms with E-state index in [-0.39, 0.29) is 4.87 Å². The van der Waals surface area contributed by atoms with Gasteiger partial charge in [-0.1, -0.05) is 48.1 Å². The lowest BCUT2D eigenvalue weighted by molar-refractivity contribution is 0.589. The minimum atomic E-state index is -0.0605. The highest BCUT2D eigenvalue weighted by molar-refractivity contribution is 6.23. The van der Waals surface area contributed by atoms with Gasteiger partial charge < -0.3 is 0 Å². The van der Waals surface area contributed by atoms with Crippen LogP contribution in [0.4, 0.5) is 0 Å². The number of allylic oxidation sites excluding steroid dienone is 6. The average Bonchev–Trinajstić information content (AvgIpc) is 2.36. The normalized spacial score (nSPS) is 13.4.